The largest absolute Gasteiger partial charge is 0.480 e. The van der Waals surface area contributed by atoms with E-state index in [1.54, 1.807) is 0 Å². The van der Waals surface area contributed by atoms with E-state index in [4.69, 9.17) is 5.11 Å². The van der Waals surface area contributed by atoms with Gasteiger partial charge < -0.3 is 10.4 Å². The van der Waals surface area contributed by atoms with Crippen LogP contribution in [0, 0.1) is 0 Å². The molecule has 9 heteroatoms. The number of carboxylic acids is 1. The third kappa shape index (κ3) is 2.51. The Morgan fingerprint density at radius 3 is 2.60 bits per heavy atom. The number of halogens is 3. The maximum atomic E-state index is 12.6. The third-order valence-electron chi connectivity index (χ3n) is 2.65. The Morgan fingerprint density at radius 1 is 1.40 bits per heavy atom. The minimum absolute atomic E-state index is 0.0166. The van der Waals surface area contributed by atoms with Gasteiger partial charge in [0.1, 0.15) is 11.1 Å². The number of alkyl halides is 3. The molecule has 20 heavy (non-hydrogen) atoms. The van der Waals surface area contributed by atoms with Crippen LogP contribution >= 0.6 is 0 Å². The van der Waals surface area contributed by atoms with Gasteiger partial charge in [-0.15, -0.1) is 0 Å². The van der Waals surface area contributed by atoms with Crippen LogP contribution in [-0.4, -0.2) is 31.2 Å². The zero-order chi connectivity index (χ0) is 15.1. The number of nitrogens with zero attached hydrogens (tertiary/aromatic N) is 3. The molecule has 2 aromatic rings. The van der Waals surface area contributed by atoms with Gasteiger partial charge in [0.25, 0.3) is 0 Å². The summed E-state index contributed by atoms with van der Waals surface area (Å²) in [6.45, 7) is 2.75. The lowest BCUT2D eigenvalue weighted by Gasteiger charge is -2.21. The fraction of sp³-hybridized carbons (Fsp3) is 0.364. The highest BCUT2D eigenvalue weighted by atomic mass is 19.4. The first kappa shape index (κ1) is 14.1. The number of aliphatic carboxylic acids is 1. The van der Waals surface area contributed by atoms with E-state index in [9.17, 15) is 18.0 Å². The van der Waals surface area contributed by atoms with Crippen molar-refractivity contribution in [2.24, 2.45) is 0 Å². The molecule has 0 aromatic carbocycles. The molecule has 0 saturated heterocycles. The Hall–Kier alpha value is -2.32. The fourth-order valence-electron chi connectivity index (χ4n) is 1.51. The lowest BCUT2D eigenvalue weighted by Crippen LogP contribution is -2.40. The number of hydrogen-bond donors (Lipinski definition) is 2. The van der Waals surface area contributed by atoms with E-state index < -0.39 is 23.4 Å². The lowest BCUT2D eigenvalue weighted by atomic mass is 10.1. The monoisotopic (exact) mass is 288 g/mol. The predicted molar refractivity (Wildman–Crippen MR) is 63.3 cm³/mol. The molecule has 0 aliphatic heterocycles. The Bertz CT molecular complexity index is 663. The second-order valence-corrected chi connectivity index (χ2v) is 4.69. The van der Waals surface area contributed by atoms with E-state index in [0.717, 1.165) is 10.6 Å². The van der Waals surface area contributed by atoms with Crippen molar-refractivity contribution < 1.29 is 23.1 Å². The van der Waals surface area contributed by atoms with Crippen LogP contribution in [0.3, 0.4) is 0 Å². The number of fused-ring (bicyclic) bond motifs is 1. The average Bonchev–Trinajstić information content (AvgIpc) is 2.73. The smallest absolute Gasteiger partial charge is 0.435 e. The van der Waals surface area contributed by atoms with E-state index >= 15 is 0 Å². The van der Waals surface area contributed by atoms with Crippen LogP contribution in [0.15, 0.2) is 18.5 Å². The molecule has 0 amide bonds. The van der Waals surface area contributed by atoms with Crippen molar-refractivity contribution in [3.8, 4) is 0 Å². The molecule has 2 aromatic heterocycles. The summed E-state index contributed by atoms with van der Waals surface area (Å²) in [5.74, 6) is -1.14. The summed E-state index contributed by atoms with van der Waals surface area (Å²) >= 11 is 0. The first-order valence-corrected chi connectivity index (χ1v) is 5.54. The van der Waals surface area contributed by atoms with Crippen LogP contribution in [0.2, 0.25) is 0 Å². The summed E-state index contributed by atoms with van der Waals surface area (Å²) in [4.78, 5) is 14.9. The molecular formula is C11H11F3N4O2. The molecule has 2 N–H and O–H groups in total. The number of nitrogens with one attached hydrogen (secondary N) is 1. The Balaban J connectivity index is 2.50. The van der Waals surface area contributed by atoms with Gasteiger partial charge in [0, 0.05) is 18.5 Å². The number of carboxylic acid groups (broad SMARTS) is 1. The summed E-state index contributed by atoms with van der Waals surface area (Å²) in [5, 5.41) is 15.0. The lowest BCUT2D eigenvalue weighted by molar-refractivity contribution is -0.142. The summed E-state index contributed by atoms with van der Waals surface area (Å²) in [5.41, 5.74) is -2.40. The molecule has 0 atom stereocenters. The average molecular weight is 288 g/mol. The number of aromatic nitrogens is 3. The maximum absolute atomic E-state index is 12.6. The standard InChI is InChI=1S/C11H11F3N4O2/c1-10(2,9(19)20)16-8-6-5-7(11(12,13)14)17-18(6)4-3-15-8/h3-5H,1-2H3,(H,15,16)(H,19,20). The van der Waals surface area contributed by atoms with Gasteiger partial charge in [-0.2, -0.15) is 18.3 Å². The first-order chi connectivity index (χ1) is 9.11. The molecule has 0 unspecified atom stereocenters. The summed E-state index contributed by atoms with van der Waals surface area (Å²) in [6.07, 6.45) is -2.09. The van der Waals surface area contributed by atoms with Crippen molar-refractivity contribution in [2.75, 3.05) is 5.32 Å². The zero-order valence-electron chi connectivity index (χ0n) is 10.6. The highest BCUT2D eigenvalue weighted by Gasteiger charge is 2.35. The van der Waals surface area contributed by atoms with E-state index in [1.165, 1.54) is 26.2 Å². The number of hydrogen-bond acceptors (Lipinski definition) is 4. The highest BCUT2D eigenvalue weighted by Crippen LogP contribution is 2.30. The van der Waals surface area contributed by atoms with Crippen molar-refractivity contribution >= 4 is 17.3 Å². The van der Waals surface area contributed by atoms with Gasteiger partial charge in [0.2, 0.25) is 0 Å². The first-order valence-electron chi connectivity index (χ1n) is 5.54. The van der Waals surface area contributed by atoms with E-state index in [0.29, 0.717) is 0 Å². The van der Waals surface area contributed by atoms with Crippen molar-refractivity contribution in [3.05, 3.63) is 24.2 Å². The molecule has 108 valence electrons. The van der Waals surface area contributed by atoms with Crippen molar-refractivity contribution in [1.29, 1.82) is 0 Å². The van der Waals surface area contributed by atoms with Crippen LogP contribution in [0.4, 0.5) is 19.0 Å². The van der Waals surface area contributed by atoms with Crippen LogP contribution < -0.4 is 5.32 Å². The van der Waals surface area contributed by atoms with Gasteiger partial charge in [0.05, 0.1) is 0 Å². The van der Waals surface area contributed by atoms with E-state index in [1.807, 2.05) is 0 Å². The Morgan fingerprint density at radius 2 is 2.05 bits per heavy atom. The van der Waals surface area contributed by atoms with Crippen molar-refractivity contribution in [1.82, 2.24) is 14.6 Å². The third-order valence-corrected chi connectivity index (χ3v) is 2.65. The molecule has 0 saturated carbocycles. The van der Waals surface area contributed by atoms with Gasteiger partial charge in [0.15, 0.2) is 11.5 Å². The second kappa shape index (κ2) is 4.36. The number of rotatable bonds is 3. The molecule has 2 rings (SSSR count). The van der Waals surface area contributed by atoms with Gasteiger partial charge in [-0.1, -0.05) is 0 Å². The number of anilines is 1. The topological polar surface area (TPSA) is 79.5 Å². The predicted octanol–water partition coefficient (Wildman–Crippen LogP) is 2.02. The Kier molecular flexibility index (Phi) is 3.07. The normalized spacial score (nSPS) is 12.7. The maximum Gasteiger partial charge on any atom is 0.435 e. The zero-order valence-corrected chi connectivity index (χ0v) is 10.6. The minimum Gasteiger partial charge on any atom is -0.480 e. The molecule has 0 fully saturated rings. The molecule has 2 heterocycles. The molecule has 0 bridgehead atoms. The fourth-order valence-corrected chi connectivity index (χ4v) is 1.51. The van der Waals surface area contributed by atoms with Gasteiger partial charge in [-0.3, -0.25) is 0 Å². The second-order valence-electron chi connectivity index (χ2n) is 4.69. The van der Waals surface area contributed by atoms with Crippen LogP contribution in [0.25, 0.3) is 5.52 Å². The van der Waals surface area contributed by atoms with Crippen LogP contribution in [0.5, 0.6) is 0 Å². The molecule has 0 radical (unpaired) electrons. The Labute approximate surface area is 111 Å². The minimum atomic E-state index is -4.58. The van der Waals surface area contributed by atoms with Gasteiger partial charge >= 0.3 is 12.1 Å². The molecule has 0 aliphatic rings. The molecule has 6 nitrogen and oxygen atoms in total. The number of carbonyl (C=O) groups is 1. The van der Waals surface area contributed by atoms with E-state index in [2.05, 4.69) is 15.4 Å². The van der Waals surface area contributed by atoms with Crippen LogP contribution in [-0.2, 0) is 11.0 Å². The van der Waals surface area contributed by atoms with Crippen LogP contribution in [0.1, 0.15) is 19.5 Å². The van der Waals surface area contributed by atoms with Gasteiger partial charge in [-0.05, 0) is 13.8 Å². The SMILES string of the molecule is CC(C)(Nc1nccn2nc(C(F)(F)F)cc12)C(=O)O. The quantitative estimate of drug-likeness (QED) is 0.903. The summed E-state index contributed by atoms with van der Waals surface area (Å²) < 4.78 is 38.8. The molecule has 0 aliphatic carbocycles. The summed E-state index contributed by atoms with van der Waals surface area (Å²) in [7, 11) is 0. The molecule has 0 spiro atoms. The van der Waals surface area contributed by atoms with Crippen molar-refractivity contribution in [2.45, 2.75) is 25.6 Å². The van der Waals surface area contributed by atoms with Crippen molar-refractivity contribution in [3.63, 3.8) is 0 Å². The van der Waals surface area contributed by atoms with Gasteiger partial charge in [-0.25, -0.2) is 14.3 Å². The highest BCUT2D eigenvalue weighted by molar-refractivity contribution is 5.83. The summed E-state index contributed by atoms with van der Waals surface area (Å²) in [6, 6.07) is 0.813. The van der Waals surface area contributed by atoms with E-state index in [-0.39, 0.29) is 11.3 Å². The molecular weight excluding hydrogens is 277 g/mol.